The average molecular weight is 1040 g/mol. The molecule has 416 valence electrons. The number of methoxy groups -OCH3 is 7. The lowest BCUT2D eigenvalue weighted by molar-refractivity contribution is -0.414. The number of hydrogen-bond donors (Lipinski definition) is 10. The van der Waals surface area contributed by atoms with Crippen molar-refractivity contribution in [3.63, 3.8) is 0 Å². The van der Waals surface area contributed by atoms with Crippen molar-refractivity contribution in [2.24, 2.45) is 0 Å². The Morgan fingerprint density at radius 1 is 0.394 bits per heavy atom. The van der Waals surface area contributed by atoms with Crippen molar-refractivity contribution in [2.75, 3.05) is 89.4 Å². The predicted octanol–water partition coefficient (Wildman–Crippen LogP) is -6.24. The third-order valence-electron chi connectivity index (χ3n) is 13.0. The molecule has 5 fully saturated rings. The molecule has 0 aromatic carbocycles. The first-order chi connectivity index (χ1) is 34.1. The summed E-state index contributed by atoms with van der Waals surface area (Å²) in [5.74, 6) is -0.378. The number of carbonyl (C=O) groups excluding carboxylic acids is 1. The summed E-state index contributed by atoms with van der Waals surface area (Å²) in [4.78, 5) is 11.6. The van der Waals surface area contributed by atoms with Gasteiger partial charge in [0.1, 0.15) is 122 Å². The van der Waals surface area contributed by atoms with E-state index in [9.17, 15) is 55.9 Å². The predicted molar refractivity (Wildman–Crippen MR) is 229 cm³/mol. The summed E-state index contributed by atoms with van der Waals surface area (Å²) in [6.07, 6.45) is -37.8. The first-order valence-electron chi connectivity index (χ1n) is 23.4. The molecule has 28 heteroatoms. The highest BCUT2D eigenvalue weighted by Gasteiger charge is 2.58. The molecule has 0 bridgehead atoms. The zero-order chi connectivity index (χ0) is 52.1. The largest absolute Gasteiger partial charge is 0.469 e. The smallest absolute Gasteiger partial charge is 0.305 e. The zero-order valence-electron chi connectivity index (χ0n) is 40.8. The van der Waals surface area contributed by atoms with E-state index in [0.717, 1.165) is 0 Å². The zero-order valence-corrected chi connectivity index (χ0v) is 40.8. The molecule has 5 heterocycles. The van der Waals surface area contributed by atoms with Gasteiger partial charge >= 0.3 is 5.97 Å². The lowest BCUT2D eigenvalue weighted by Crippen LogP contribution is -2.69. The molecule has 0 unspecified atom stereocenters. The second-order valence-electron chi connectivity index (χ2n) is 17.6. The Kier molecular flexibility index (Phi) is 24.7. The molecular weight excluding hydrogens is 964 g/mol. The number of aliphatic hydroxyl groups excluding tert-OH is 10. The molecule has 10 N–H and O–H groups in total. The van der Waals surface area contributed by atoms with Crippen molar-refractivity contribution in [2.45, 2.75) is 179 Å². The van der Waals surface area contributed by atoms with Crippen LogP contribution in [0.3, 0.4) is 0 Å². The summed E-state index contributed by atoms with van der Waals surface area (Å²) < 4.78 is 99.5. The quantitative estimate of drug-likeness (QED) is 0.0285. The minimum Gasteiger partial charge on any atom is -0.469 e. The van der Waals surface area contributed by atoms with E-state index in [1.54, 1.807) is 0 Å². The Balaban J connectivity index is 1.49. The van der Waals surface area contributed by atoms with E-state index in [1.807, 2.05) is 0 Å². The van der Waals surface area contributed by atoms with Gasteiger partial charge < -0.3 is 132 Å². The molecule has 5 aliphatic heterocycles. The summed E-state index contributed by atoms with van der Waals surface area (Å²) in [5, 5.41) is 110. The van der Waals surface area contributed by atoms with Crippen LogP contribution in [0.25, 0.3) is 0 Å². The van der Waals surface area contributed by atoms with Gasteiger partial charge in [-0.2, -0.15) is 0 Å². The summed E-state index contributed by atoms with van der Waals surface area (Å²) in [7, 11) is 9.20. The van der Waals surface area contributed by atoms with E-state index in [-0.39, 0.29) is 38.8 Å². The van der Waals surface area contributed by atoms with Crippen molar-refractivity contribution in [1.29, 1.82) is 0 Å². The SMILES string of the molecule is COC[C@H]1O[C@H](O[C@H]2[C@@H](O[C@H]3[C@@H](O[C@H]4[C@@H](O[C@H]5[C@@H](OCCCCCC(=O)OC)O[C@H](CO)[C@@H](O)[C@@H]5OC)O[C@H](COC)[C@@H](O)[C@@H]4O)O[C@H](CO)[C@@H](O)[C@@H]3O)O[C@H](COC)[C@@H](OC)[C@@H]2OC)[C@H](O)[C@@H](O)[C@@H]1O. The summed E-state index contributed by atoms with van der Waals surface area (Å²) in [6.45, 7) is -2.18. The third kappa shape index (κ3) is 14.5. The minimum absolute atomic E-state index is 0.0313. The van der Waals surface area contributed by atoms with Crippen LogP contribution in [0.15, 0.2) is 0 Å². The number of esters is 1. The van der Waals surface area contributed by atoms with Gasteiger partial charge in [-0.25, -0.2) is 0 Å². The number of rotatable bonds is 26. The van der Waals surface area contributed by atoms with Gasteiger partial charge in [0.25, 0.3) is 0 Å². The van der Waals surface area contributed by atoms with Crippen molar-refractivity contribution in [1.82, 2.24) is 0 Å². The van der Waals surface area contributed by atoms with E-state index in [0.29, 0.717) is 19.3 Å². The Morgan fingerprint density at radius 3 is 1.35 bits per heavy atom. The van der Waals surface area contributed by atoms with Gasteiger partial charge in [-0.15, -0.1) is 0 Å². The van der Waals surface area contributed by atoms with Crippen molar-refractivity contribution in [3.05, 3.63) is 0 Å². The first kappa shape index (κ1) is 60.3. The van der Waals surface area contributed by atoms with Crippen LogP contribution >= 0.6 is 0 Å². The first-order valence-corrected chi connectivity index (χ1v) is 23.4. The van der Waals surface area contributed by atoms with E-state index < -0.39 is 167 Å². The molecule has 0 spiro atoms. The summed E-state index contributed by atoms with van der Waals surface area (Å²) >= 11 is 0. The van der Waals surface area contributed by atoms with Gasteiger partial charge in [-0.3, -0.25) is 4.79 Å². The monoisotopic (exact) mass is 1040 g/mol. The maximum absolute atomic E-state index is 11.9. The molecule has 0 saturated carbocycles. The minimum atomic E-state index is -2.01. The molecule has 0 amide bonds. The number of unbranched alkanes of at least 4 members (excludes halogenated alkanes) is 2. The average Bonchev–Trinajstić information content (AvgIpc) is 3.36. The van der Waals surface area contributed by atoms with Crippen molar-refractivity contribution < 1.29 is 136 Å². The van der Waals surface area contributed by atoms with Gasteiger partial charge in [0, 0.05) is 55.7 Å². The highest BCUT2D eigenvalue weighted by atomic mass is 16.8. The third-order valence-corrected chi connectivity index (χ3v) is 13.0. The number of ether oxygens (including phenoxy) is 17. The molecule has 5 saturated heterocycles. The van der Waals surface area contributed by atoms with Gasteiger partial charge in [0.2, 0.25) is 0 Å². The number of carbonyl (C=O) groups is 1. The molecule has 28 nitrogen and oxygen atoms in total. The normalized spacial score (nSPS) is 44.4. The van der Waals surface area contributed by atoms with Crippen molar-refractivity contribution in [3.8, 4) is 0 Å². The second kappa shape index (κ2) is 29.1. The molecule has 0 radical (unpaired) electrons. The lowest BCUT2D eigenvalue weighted by atomic mass is 9.95. The fourth-order valence-corrected chi connectivity index (χ4v) is 9.15. The number of hydrogen-bond acceptors (Lipinski definition) is 28. The topological polar surface area (TPSA) is 376 Å². The molecule has 5 aliphatic rings. The van der Waals surface area contributed by atoms with Gasteiger partial charge in [0.05, 0.1) is 40.1 Å². The van der Waals surface area contributed by atoms with E-state index in [1.165, 1.54) is 49.8 Å². The van der Waals surface area contributed by atoms with Gasteiger partial charge in [-0.1, -0.05) is 6.42 Å². The van der Waals surface area contributed by atoms with Crippen LogP contribution in [0, 0.1) is 0 Å². The van der Waals surface area contributed by atoms with Crippen LogP contribution in [-0.4, -0.2) is 300 Å². The van der Waals surface area contributed by atoms with Gasteiger partial charge in [0.15, 0.2) is 31.5 Å². The molecule has 25 atom stereocenters. The molecule has 0 aromatic rings. The molecular formula is C43H76O28. The van der Waals surface area contributed by atoms with E-state index in [2.05, 4.69) is 0 Å². The molecule has 71 heavy (non-hydrogen) atoms. The molecule has 0 aromatic heterocycles. The Morgan fingerprint density at radius 2 is 0.817 bits per heavy atom. The standard InChI is InChI=1S/C43H76O28/c1-55-15-20-25(48)28(51)31(54)39(65-20)70-38-36(61-7)32(59-5)22(17-57-3)67-43(38)69-34-29(52)24(47)18(13-44)64-41(34)68-35-30(53)26(49)21(16-56-2)66-42(35)71-37-33(60-6)27(50)19(14-45)63-40(37)62-12-10-8-9-11-23(46)58-4/h18-22,24-45,47-54H,8-17H2,1-7H3/t18-,19-,20-,21-,22-,24-,25-,26-,27-,28+,29+,30+,31-,32-,33+,34-,35-,36+,37-,38-,39-,40+,41-,42-,43-/m1/s1. The summed E-state index contributed by atoms with van der Waals surface area (Å²) in [6, 6.07) is 0. The Bertz CT molecular complexity index is 1520. The molecule has 5 rings (SSSR count). The second-order valence-corrected chi connectivity index (χ2v) is 17.6. The van der Waals surface area contributed by atoms with Crippen LogP contribution in [0.1, 0.15) is 25.7 Å². The lowest BCUT2D eigenvalue weighted by Gasteiger charge is -2.51. The van der Waals surface area contributed by atoms with Crippen LogP contribution in [0.4, 0.5) is 0 Å². The van der Waals surface area contributed by atoms with Crippen LogP contribution in [0.2, 0.25) is 0 Å². The Hall–Kier alpha value is -1.57. The van der Waals surface area contributed by atoms with Gasteiger partial charge in [-0.05, 0) is 12.8 Å². The fourth-order valence-electron chi connectivity index (χ4n) is 9.15. The van der Waals surface area contributed by atoms with E-state index >= 15 is 0 Å². The highest BCUT2D eigenvalue weighted by Crippen LogP contribution is 2.38. The maximum Gasteiger partial charge on any atom is 0.305 e. The van der Waals surface area contributed by atoms with Crippen LogP contribution < -0.4 is 0 Å². The summed E-state index contributed by atoms with van der Waals surface area (Å²) in [5.41, 5.74) is 0. The van der Waals surface area contributed by atoms with Crippen LogP contribution in [-0.2, 0) is 85.3 Å². The van der Waals surface area contributed by atoms with E-state index in [4.69, 9.17) is 80.5 Å². The fraction of sp³-hybridized carbons (Fsp3) is 0.977. The highest BCUT2D eigenvalue weighted by molar-refractivity contribution is 5.68. The molecule has 0 aliphatic carbocycles. The Labute approximate surface area is 410 Å². The maximum atomic E-state index is 11.9. The van der Waals surface area contributed by atoms with Crippen LogP contribution in [0.5, 0.6) is 0 Å². The number of aliphatic hydroxyl groups is 10. The van der Waals surface area contributed by atoms with Crippen molar-refractivity contribution >= 4 is 5.97 Å².